The highest BCUT2D eigenvalue weighted by molar-refractivity contribution is 5.51. The molecule has 2 rings (SSSR count). The minimum atomic E-state index is 0.540. The fraction of sp³-hybridized carbons (Fsp3) is 0.111. The lowest BCUT2D eigenvalue weighted by molar-refractivity contribution is 1.11. The van der Waals surface area contributed by atoms with Crippen molar-refractivity contribution in [2.24, 2.45) is 5.73 Å². The van der Waals surface area contributed by atoms with Crippen molar-refractivity contribution in [3.05, 3.63) is 36.6 Å². The third-order valence-corrected chi connectivity index (χ3v) is 1.77. The van der Waals surface area contributed by atoms with E-state index in [1.165, 1.54) is 0 Å². The van der Waals surface area contributed by atoms with Crippen molar-refractivity contribution in [3.8, 4) is 0 Å². The predicted molar refractivity (Wildman–Crippen MR) is 51.1 cm³/mol. The molecule has 0 aromatic carbocycles. The van der Waals surface area contributed by atoms with Gasteiger partial charge in [-0.15, -0.1) is 0 Å². The van der Waals surface area contributed by atoms with Crippen molar-refractivity contribution >= 4 is 11.7 Å². The molecule has 0 radical (unpaired) electrons. The number of rotatable bonds is 2. The number of aromatic nitrogens is 3. The number of hydrogen-bond donors (Lipinski definition) is 1. The standard InChI is InChI=1S/C9H10N4/c10-3-1-2-8-6-12-9-7-11-4-5-13(8)9/h1-2,4-7H,3,10H2/b2-1+. The normalized spacial score (nSPS) is 11.5. The maximum atomic E-state index is 5.36. The Hall–Kier alpha value is -1.68. The van der Waals surface area contributed by atoms with Crippen LogP contribution in [0.3, 0.4) is 0 Å². The Morgan fingerprint density at radius 2 is 2.38 bits per heavy atom. The summed E-state index contributed by atoms with van der Waals surface area (Å²) in [5, 5.41) is 0. The Morgan fingerprint density at radius 3 is 3.23 bits per heavy atom. The van der Waals surface area contributed by atoms with E-state index in [2.05, 4.69) is 9.97 Å². The summed E-state index contributed by atoms with van der Waals surface area (Å²) in [5.74, 6) is 0. The van der Waals surface area contributed by atoms with Crippen LogP contribution < -0.4 is 5.73 Å². The first-order valence-electron chi connectivity index (χ1n) is 4.05. The molecule has 0 aliphatic heterocycles. The molecule has 0 amide bonds. The van der Waals surface area contributed by atoms with Crippen LogP contribution in [-0.2, 0) is 0 Å². The maximum absolute atomic E-state index is 5.36. The summed E-state index contributed by atoms with van der Waals surface area (Å²) in [6.45, 7) is 0.540. The lowest BCUT2D eigenvalue weighted by Crippen LogP contribution is -1.93. The van der Waals surface area contributed by atoms with Gasteiger partial charge in [-0.2, -0.15) is 0 Å². The van der Waals surface area contributed by atoms with E-state index in [1.54, 1.807) is 18.6 Å². The van der Waals surface area contributed by atoms with E-state index < -0.39 is 0 Å². The topological polar surface area (TPSA) is 56.2 Å². The van der Waals surface area contributed by atoms with E-state index in [0.717, 1.165) is 11.3 Å². The lowest BCUT2D eigenvalue weighted by Gasteiger charge is -1.93. The fourth-order valence-corrected chi connectivity index (χ4v) is 1.17. The van der Waals surface area contributed by atoms with Crippen LogP contribution in [0.25, 0.3) is 11.7 Å². The van der Waals surface area contributed by atoms with E-state index in [-0.39, 0.29) is 0 Å². The predicted octanol–water partition coefficient (Wildman–Crippen LogP) is 0.701. The smallest absolute Gasteiger partial charge is 0.155 e. The molecule has 0 saturated heterocycles. The van der Waals surface area contributed by atoms with Crippen molar-refractivity contribution in [2.45, 2.75) is 0 Å². The minimum absolute atomic E-state index is 0.540. The molecular weight excluding hydrogens is 164 g/mol. The van der Waals surface area contributed by atoms with Crippen LogP contribution in [0.5, 0.6) is 0 Å². The Bertz CT molecular complexity index is 430. The van der Waals surface area contributed by atoms with Gasteiger partial charge in [0.1, 0.15) is 0 Å². The first-order chi connectivity index (χ1) is 6.42. The van der Waals surface area contributed by atoms with E-state index >= 15 is 0 Å². The molecule has 4 heteroatoms. The number of hydrogen-bond acceptors (Lipinski definition) is 3. The van der Waals surface area contributed by atoms with Crippen LogP contribution in [0, 0.1) is 0 Å². The number of fused-ring (bicyclic) bond motifs is 1. The van der Waals surface area contributed by atoms with Gasteiger partial charge in [0.05, 0.1) is 18.1 Å². The molecule has 4 nitrogen and oxygen atoms in total. The van der Waals surface area contributed by atoms with Gasteiger partial charge in [-0.25, -0.2) is 4.98 Å². The average Bonchev–Trinajstić information content (AvgIpc) is 2.58. The Morgan fingerprint density at radius 1 is 1.46 bits per heavy atom. The number of nitrogens with zero attached hydrogens (tertiary/aromatic N) is 3. The van der Waals surface area contributed by atoms with Gasteiger partial charge in [0.15, 0.2) is 5.65 Å². The lowest BCUT2D eigenvalue weighted by atomic mass is 10.4. The molecule has 0 atom stereocenters. The first kappa shape index (κ1) is 7.94. The molecular formula is C9H10N4. The van der Waals surface area contributed by atoms with Gasteiger partial charge in [-0.1, -0.05) is 6.08 Å². The van der Waals surface area contributed by atoms with Crippen molar-refractivity contribution in [3.63, 3.8) is 0 Å². The highest BCUT2D eigenvalue weighted by Crippen LogP contribution is 2.05. The second kappa shape index (κ2) is 3.37. The SMILES string of the molecule is NC/C=C/c1cnc2cnccn12. The van der Waals surface area contributed by atoms with Crippen LogP contribution in [0.2, 0.25) is 0 Å². The summed E-state index contributed by atoms with van der Waals surface area (Å²) in [4.78, 5) is 8.15. The number of imidazole rings is 1. The van der Waals surface area contributed by atoms with Gasteiger partial charge >= 0.3 is 0 Å². The second-order valence-corrected chi connectivity index (χ2v) is 2.63. The molecule has 0 spiro atoms. The van der Waals surface area contributed by atoms with Gasteiger partial charge in [0, 0.05) is 18.9 Å². The fourth-order valence-electron chi connectivity index (χ4n) is 1.17. The third-order valence-electron chi connectivity index (χ3n) is 1.77. The molecule has 13 heavy (non-hydrogen) atoms. The van der Waals surface area contributed by atoms with Crippen LogP contribution >= 0.6 is 0 Å². The van der Waals surface area contributed by atoms with Gasteiger partial charge < -0.3 is 5.73 Å². The Balaban J connectivity index is 2.52. The van der Waals surface area contributed by atoms with E-state index in [9.17, 15) is 0 Å². The van der Waals surface area contributed by atoms with Crippen LogP contribution in [0.15, 0.2) is 30.9 Å². The third kappa shape index (κ3) is 1.43. The van der Waals surface area contributed by atoms with Crippen molar-refractivity contribution in [1.82, 2.24) is 14.4 Å². The van der Waals surface area contributed by atoms with Crippen molar-refractivity contribution < 1.29 is 0 Å². The first-order valence-corrected chi connectivity index (χ1v) is 4.05. The van der Waals surface area contributed by atoms with Gasteiger partial charge in [-0.3, -0.25) is 9.38 Å². The molecule has 0 aliphatic carbocycles. The molecule has 2 heterocycles. The molecule has 2 N–H and O–H groups in total. The summed E-state index contributed by atoms with van der Waals surface area (Å²) in [7, 11) is 0. The molecule has 0 saturated carbocycles. The zero-order chi connectivity index (χ0) is 9.10. The Labute approximate surface area is 75.7 Å². The molecule has 2 aromatic rings. The monoisotopic (exact) mass is 174 g/mol. The summed E-state index contributed by atoms with van der Waals surface area (Å²) in [6.07, 6.45) is 11.0. The van der Waals surface area contributed by atoms with E-state index in [0.29, 0.717) is 6.54 Å². The quantitative estimate of drug-likeness (QED) is 0.729. The zero-order valence-electron chi connectivity index (χ0n) is 7.09. The van der Waals surface area contributed by atoms with Crippen molar-refractivity contribution in [1.29, 1.82) is 0 Å². The molecule has 0 fully saturated rings. The van der Waals surface area contributed by atoms with Crippen LogP contribution in [-0.4, -0.2) is 20.9 Å². The molecule has 0 unspecified atom stereocenters. The number of nitrogens with two attached hydrogens (primary N) is 1. The molecule has 0 bridgehead atoms. The van der Waals surface area contributed by atoms with Crippen LogP contribution in [0.1, 0.15) is 5.69 Å². The van der Waals surface area contributed by atoms with E-state index in [1.807, 2.05) is 22.7 Å². The van der Waals surface area contributed by atoms with E-state index in [4.69, 9.17) is 5.73 Å². The summed E-state index contributed by atoms with van der Waals surface area (Å²) < 4.78 is 1.96. The summed E-state index contributed by atoms with van der Waals surface area (Å²) >= 11 is 0. The largest absolute Gasteiger partial charge is 0.327 e. The maximum Gasteiger partial charge on any atom is 0.155 e. The van der Waals surface area contributed by atoms with Gasteiger partial charge in [-0.05, 0) is 6.08 Å². The van der Waals surface area contributed by atoms with Gasteiger partial charge in [0.2, 0.25) is 0 Å². The Kier molecular flexibility index (Phi) is 2.06. The summed E-state index contributed by atoms with van der Waals surface area (Å²) in [6, 6.07) is 0. The second-order valence-electron chi connectivity index (χ2n) is 2.63. The molecule has 0 aliphatic rings. The van der Waals surface area contributed by atoms with Crippen molar-refractivity contribution in [2.75, 3.05) is 6.54 Å². The van der Waals surface area contributed by atoms with Crippen LogP contribution in [0.4, 0.5) is 0 Å². The molecule has 66 valence electrons. The highest BCUT2D eigenvalue weighted by Gasteiger charge is 1.97. The van der Waals surface area contributed by atoms with Gasteiger partial charge in [0.25, 0.3) is 0 Å². The minimum Gasteiger partial charge on any atom is -0.327 e. The summed E-state index contributed by atoms with van der Waals surface area (Å²) in [5.41, 5.74) is 7.22. The average molecular weight is 174 g/mol. The zero-order valence-corrected chi connectivity index (χ0v) is 7.09. The highest BCUT2D eigenvalue weighted by atomic mass is 15.0. The molecule has 2 aromatic heterocycles.